The van der Waals surface area contributed by atoms with Crippen LogP contribution in [-0.4, -0.2) is 193 Å². The molecule has 1 amide bonds. The van der Waals surface area contributed by atoms with Gasteiger partial charge in [0.25, 0.3) is 0 Å². The fraction of sp³-hybridized carbons (Fsp3) is 0.944. The fourth-order valence-electron chi connectivity index (χ4n) is 9.84. The van der Waals surface area contributed by atoms with Crippen molar-refractivity contribution in [1.82, 2.24) is 5.32 Å². The Labute approximate surface area is 436 Å². The lowest BCUT2D eigenvalue weighted by molar-refractivity contribution is -0.379. The van der Waals surface area contributed by atoms with Crippen LogP contribution in [0.5, 0.6) is 0 Å². The van der Waals surface area contributed by atoms with Gasteiger partial charge in [0.1, 0.15) is 73.2 Å². The van der Waals surface area contributed by atoms with Crippen LogP contribution in [0, 0.1) is 0 Å². The summed E-state index contributed by atoms with van der Waals surface area (Å²) in [5, 5.41) is 120. The standard InChI is InChI=1S/C54H101NO18/c1-3-5-7-9-11-12-13-14-15-16-17-18-19-20-21-22-23-24-26-28-30-32-42(60)55-37(38(59)31-29-27-25-10-8-6-4-2)36-68-52-48(66)45(63)50(40(34-57)70-52)73-54-49(67)46(64)51(41(35-58)71-54)72-53-47(65)44(62)43(61)39(33-56)69-53/h16-17,37-41,43-54,56-59,61-67H,3-15,18-36H2,1-2H3,(H,55,60)/b17-16-. The number of amides is 1. The van der Waals surface area contributed by atoms with E-state index < -0.39 is 124 Å². The number of nitrogens with one attached hydrogen (secondary N) is 1. The highest BCUT2D eigenvalue weighted by Crippen LogP contribution is 2.33. The molecule has 0 saturated carbocycles. The molecule has 12 N–H and O–H groups in total. The molecule has 19 heteroatoms. The van der Waals surface area contributed by atoms with E-state index in [1.165, 1.54) is 96.3 Å². The van der Waals surface area contributed by atoms with E-state index >= 15 is 0 Å². The highest BCUT2D eigenvalue weighted by atomic mass is 16.8. The average Bonchev–Trinajstić information content (AvgIpc) is 3.39. The molecule has 3 heterocycles. The average molecular weight is 1050 g/mol. The molecule has 430 valence electrons. The SMILES string of the molecule is CCCCCCCCCC/C=C\CCCCCCCCCCCC(=O)NC(COC1OC(CO)C(OC2OC(CO)C(OC3OC(CO)C(O)C(O)C3O)C(O)C2O)C(O)C1O)C(O)CCCCCCCCC. The Balaban J connectivity index is 1.44. The largest absolute Gasteiger partial charge is 0.394 e. The maximum atomic E-state index is 13.2. The predicted molar refractivity (Wildman–Crippen MR) is 273 cm³/mol. The summed E-state index contributed by atoms with van der Waals surface area (Å²) in [5.74, 6) is -0.249. The van der Waals surface area contributed by atoms with Gasteiger partial charge in [-0.25, -0.2) is 0 Å². The van der Waals surface area contributed by atoms with Gasteiger partial charge in [-0.2, -0.15) is 0 Å². The molecule has 19 nitrogen and oxygen atoms in total. The predicted octanol–water partition coefficient (Wildman–Crippen LogP) is 3.82. The van der Waals surface area contributed by atoms with Gasteiger partial charge in [-0.1, -0.05) is 161 Å². The minimum absolute atomic E-state index is 0.249. The highest BCUT2D eigenvalue weighted by molar-refractivity contribution is 5.76. The van der Waals surface area contributed by atoms with Crippen molar-refractivity contribution in [3.05, 3.63) is 12.2 Å². The zero-order valence-electron chi connectivity index (χ0n) is 44.4. The summed E-state index contributed by atoms with van der Waals surface area (Å²) in [6.45, 7) is 1.72. The van der Waals surface area contributed by atoms with Gasteiger partial charge in [0.05, 0.1) is 38.6 Å². The molecule has 3 saturated heterocycles. The lowest BCUT2D eigenvalue weighted by atomic mass is 9.96. The molecule has 3 rings (SSSR count). The molecule has 3 fully saturated rings. The molecule has 17 unspecified atom stereocenters. The normalized spacial score (nSPS) is 31.8. The van der Waals surface area contributed by atoms with Gasteiger partial charge in [-0.05, 0) is 38.5 Å². The summed E-state index contributed by atoms with van der Waals surface area (Å²) in [5.41, 5.74) is 0. The molecule has 73 heavy (non-hydrogen) atoms. The summed E-state index contributed by atoms with van der Waals surface area (Å²) in [7, 11) is 0. The topological polar surface area (TPSA) is 307 Å². The van der Waals surface area contributed by atoms with E-state index in [1.54, 1.807) is 0 Å². The first-order valence-corrected chi connectivity index (χ1v) is 28.4. The molecule has 3 aliphatic rings. The quantitative estimate of drug-likeness (QED) is 0.0306. The van der Waals surface area contributed by atoms with E-state index in [-0.39, 0.29) is 18.9 Å². The van der Waals surface area contributed by atoms with Gasteiger partial charge < -0.3 is 89.9 Å². The Morgan fingerprint density at radius 2 is 0.863 bits per heavy atom. The Kier molecular flexibility index (Phi) is 35.1. The van der Waals surface area contributed by atoms with Crippen LogP contribution in [-0.2, 0) is 33.2 Å². The second kappa shape index (κ2) is 39.0. The Hall–Kier alpha value is -1.47. The van der Waals surface area contributed by atoms with Crippen molar-refractivity contribution >= 4 is 5.91 Å². The first kappa shape index (κ1) is 65.8. The van der Waals surface area contributed by atoms with E-state index in [1.807, 2.05) is 0 Å². The third-order valence-corrected chi connectivity index (χ3v) is 14.6. The molecule has 0 aromatic carbocycles. The van der Waals surface area contributed by atoms with Crippen LogP contribution in [0.2, 0.25) is 0 Å². The fourth-order valence-corrected chi connectivity index (χ4v) is 9.84. The van der Waals surface area contributed by atoms with Crippen molar-refractivity contribution in [1.29, 1.82) is 0 Å². The van der Waals surface area contributed by atoms with E-state index in [2.05, 4.69) is 31.3 Å². The number of ether oxygens (including phenoxy) is 6. The molecule has 0 aliphatic carbocycles. The molecule has 0 aromatic rings. The van der Waals surface area contributed by atoms with E-state index in [4.69, 9.17) is 28.4 Å². The van der Waals surface area contributed by atoms with Crippen molar-refractivity contribution < 1.29 is 89.4 Å². The molecule has 17 atom stereocenters. The molecular formula is C54H101NO18. The minimum atomic E-state index is -1.97. The maximum Gasteiger partial charge on any atom is 0.220 e. The van der Waals surface area contributed by atoms with Gasteiger partial charge in [-0.15, -0.1) is 0 Å². The van der Waals surface area contributed by atoms with Crippen LogP contribution in [0.25, 0.3) is 0 Å². The Bertz CT molecular complexity index is 1400. The van der Waals surface area contributed by atoms with Crippen LogP contribution in [0.4, 0.5) is 0 Å². The molecule has 0 radical (unpaired) electrons. The summed E-state index contributed by atoms with van der Waals surface area (Å²) >= 11 is 0. The second-order valence-corrected chi connectivity index (χ2v) is 20.8. The summed E-state index contributed by atoms with van der Waals surface area (Å²) < 4.78 is 34.1. The van der Waals surface area contributed by atoms with Gasteiger partial charge >= 0.3 is 0 Å². The summed E-state index contributed by atoms with van der Waals surface area (Å²) in [6, 6.07) is -0.881. The van der Waals surface area contributed by atoms with Crippen molar-refractivity contribution in [2.75, 3.05) is 26.4 Å². The first-order chi connectivity index (χ1) is 35.3. The number of hydrogen-bond acceptors (Lipinski definition) is 18. The summed E-state index contributed by atoms with van der Waals surface area (Å²) in [6.07, 6.45) is 9.19. The van der Waals surface area contributed by atoms with Gasteiger partial charge in [0, 0.05) is 6.42 Å². The first-order valence-electron chi connectivity index (χ1n) is 28.4. The van der Waals surface area contributed by atoms with E-state index in [9.17, 15) is 61.0 Å². The molecule has 3 aliphatic heterocycles. The molecule has 0 aromatic heterocycles. The third-order valence-electron chi connectivity index (χ3n) is 14.6. The number of hydrogen-bond donors (Lipinski definition) is 12. The summed E-state index contributed by atoms with van der Waals surface area (Å²) in [4.78, 5) is 13.2. The van der Waals surface area contributed by atoms with Gasteiger partial charge in [-0.3, -0.25) is 4.79 Å². The van der Waals surface area contributed by atoms with E-state index in [0.29, 0.717) is 12.8 Å². The van der Waals surface area contributed by atoms with Crippen LogP contribution < -0.4 is 5.32 Å². The number of carbonyl (C=O) groups is 1. The Morgan fingerprint density at radius 3 is 1.33 bits per heavy atom. The molecule has 0 bridgehead atoms. The minimum Gasteiger partial charge on any atom is -0.394 e. The van der Waals surface area contributed by atoms with Crippen LogP contribution in [0.1, 0.15) is 194 Å². The van der Waals surface area contributed by atoms with Crippen molar-refractivity contribution in [3.8, 4) is 0 Å². The third kappa shape index (κ3) is 24.0. The lowest BCUT2D eigenvalue weighted by Gasteiger charge is -2.48. The van der Waals surface area contributed by atoms with Crippen molar-refractivity contribution in [2.24, 2.45) is 0 Å². The zero-order chi connectivity index (χ0) is 53.4. The van der Waals surface area contributed by atoms with Gasteiger partial charge in [0.2, 0.25) is 5.91 Å². The number of carbonyl (C=O) groups excluding carboxylic acids is 1. The highest BCUT2D eigenvalue weighted by Gasteiger charge is 2.53. The molecule has 0 spiro atoms. The van der Waals surface area contributed by atoms with Crippen LogP contribution in [0.3, 0.4) is 0 Å². The Morgan fingerprint density at radius 1 is 0.479 bits per heavy atom. The molecular weight excluding hydrogens is 951 g/mol. The van der Waals surface area contributed by atoms with E-state index in [0.717, 1.165) is 64.2 Å². The van der Waals surface area contributed by atoms with Gasteiger partial charge in [0.15, 0.2) is 18.9 Å². The maximum absolute atomic E-state index is 13.2. The number of aliphatic hydroxyl groups is 11. The van der Waals surface area contributed by atoms with Crippen molar-refractivity contribution in [3.63, 3.8) is 0 Å². The number of allylic oxidation sites excluding steroid dienone is 2. The number of unbranched alkanes of at least 4 members (excludes halogenated alkanes) is 23. The monoisotopic (exact) mass is 1050 g/mol. The zero-order valence-corrected chi connectivity index (χ0v) is 44.4. The van der Waals surface area contributed by atoms with Crippen LogP contribution in [0.15, 0.2) is 12.2 Å². The lowest BCUT2D eigenvalue weighted by Crippen LogP contribution is -2.66. The van der Waals surface area contributed by atoms with Crippen molar-refractivity contribution in [2.45, 2.75) is 298 Å². The number of aliphatic hydroxyl groups excluding tert-OH is 11. The number of rotatable bonds is 41. The van der Waals surface area contributed by atoms with Crippen LogP contribution >= 0.6 is 0 Å². The smallest absolute Gasteiger partial charge is 0.220 e. The second-order valence-electron chi connectivity index (χ2n) is 20.8.